The van der Waals surface area contributed by atoms with Crippen molar-refractivity contribution in [1.29, 1.82) is 0 Å². The summed E-state index contributed by atoms with van der Waals surface area (Å²) in [5, 5.41) is 12.8. The first-order chi connectivity index (χ1) is 11.7. The number of hydrogen-bond acceptors (Lipinski definition) is 5. The van der Waals surface area contributed by atoms with E-state index in [2.05, 4.69) is 15.5 Å². The molecule has 4 rings (SSSR count). The first-order valence-corrected chi connectivity index (χ1v) is 9.99. The molecule has 1 aliphatic heterocycles. The highest BCUT2D eigenvalue weighted by Crippen LogP contribution is 2.42. The van der Waals surface area contributed by atoms with E-state index in [0.717, 1.165) is 50.0 Å². The number of likely N-dealkylation sites (tertiary alicyclic amines) is 1. The minimum atomic E-state index is -0.347. The molecule has 0 bridgehead atoms. The molecule has 130 valence electrons. The first kappa shape index (κ1) is 16.0. The molecule has 2 saturated carbocycles. The smallest absolute Gasteiger partial charge is 0.249 e. The number of carbonyl (C=O) groups is 2. The van der Waals surface area contributed by atoms with Crippen molar-refractivity contribution in [3.05, 3.63) is 5.01 Å². The molecule has 0 aromatic carbocycles. The summed E-state index contributed by atoms with van der Waals surface area (Å²) in [6, 6.07) is -0.347. The molecule has 1 N–H and O–H groups in total. The summed E-state index contributed by atoms with van der Waals surface area (Å²) in [6.07, 6.45) is 9.31. The van der Waals surface area contributed by atoms with Crippen LogP contribution in [0.5, 0.6) is 0 Å². The molecule has 1 atom stereocenters. The maximum absolute atomic E-state index is 12.8. The van der Waals surface area contributed by atoms with Crippen LogP contribution in [0.3, 0.4) is 0 Å². The van der Waals surface area contributed by atoms with Gasteiger partial charge >= 0.3 is 0 Å². The highest BCUT2D eigenvalue weighted by atomic mass is 32.1. The molecule has 2 heterocycles. The van der Waals surface area contributed by atoms with Crippen molar-refractivity contribution in [2.45, 2.75) is 69.7 Å². The Labute approximate surface area is 146 Å². The van der Waals surface area contributed by atoms with Crippen LogP contribution in [0.1, 0.15) is 68.7 Å². The normalized spacial score (nSPS) is 25.0. The van der Waals surface area contributed by atoms with Crippen LogP contribution in [0.25, 0.3) is 0 Å². The van der Waals surface area contributed by atoms with Gasteiger partial charge in [0.2, 0.25) is 16.9 Å². The molecule has 1 unspecified atom stereocenters. The van der Waals surface area contributed by atoms with Crippen molar-refractivity contribution in [1.82, 2.24) is 15.1 Å². The Kier molecular flexibility index (Phi) is 4.52. The Balaban J connectivity index is 1.42. The highest BCUT2D eigenvalue weighted by Gasteiger charge is 2.36. The van der Waals surface area contributed by atoms with Gasteiger partial charge in [0, 0.05) is 18.4 Å². The molecule has 24 heavy (non-hydrogen) atoms. The lowest BCUT2D eigenvalue weighted by Gasteiger charge is -2.36. The van der Waals surface area contributed by atoms with E-state index in [-0.39, 0.29) is 23.8 Å². The van der Waals surface area contributed by atoms with Crippen molar-refractivity contribution in [3.63, 3.8) is 0 Å². The van der Waals surface area contributed by atoms with Gasteiger partial charge in [0.05, 0.1) is 0 Å². The number of carbonyl (C=O) groups excluding carboxylic acids is 2. The second-order valence-electron chi connectivity index (χ2n) is 7.23. The number of aromatic nitrogens is 2. The lowest BCUT2D eigenvalue weighted by Crippen LogP contribution is -2.51. The van der Waals surface area contributed by atoms with Gasteiger partial charge in [-0.25, -0.2) is 0 Å². The molecule has 3 fully saturated rings. The van der Waals surface area contributed by atoms with E-state index in [4.69, 9.17) is 0 Å². The Hall–Kier alpha value is -1.50. The van der Waals surface area contributed by atoms with E-state index in [9.17, 15) is 9.59 Å². The molecular formula is C17H24N4O2S. The number of amides is 2. The van der Waals surface area contributed by atoms with Gasteiger partial charge in [-0.2, -0.15) is 0 Å². The molecule has 6 nitrogen and oxygen atoms in total. The van der Waals surface area contributed by atoms with Gasteiger partial charge < -0.3 is 4.90 Å². The molecule has 0 radical (unpaired) electrons. The summed E-state index contributed by atoms with van der Waals surface area (Å²) in [5.74, 6) is 0.757. The summed E-state index contributed by atoms with van der Waals surface area (Å²) in [7, 11) is 0. The standard InChI is InChI=1S/C17H24N4O2S/c22-14(18-17-20-19-15(24-17)11-8-9-11)13-7-3-4-10-21(13)16(23)12-5-1-2-6-12/h11-13H,1-10H2,(H,18,20,22). The van der Waals surface area contributed by atoms with Crippen LogP contribution in [0.4, 0.5) is 5.13 Å². The van der Waals surface area contributed by atoms with Crippen LogP contribution < -0.4 is 5.32 Å². The zero-order valence-corrected chi connectivity index (χ0v) is 14.7. The monoisotopic (exact) mass is 348 g/mol. The second kappa shape index (κ2) is 6.78. The van der Waals surface area contributed by atoms with Crippen molar-refractivity contribution >= 4 is 28.3 Å². The fourth-order valence-corrected chi connectivity index (χ4v) is 4.76. The minimum Gasteiger partial charge on any atom is -0.330 e. The van der Waals surface area contributed by atoms with Crippen LogP contribution in [-0.4, -0.2) is 39.5 Å². The third kappa shape index (κ3) is 3.31. The first-order valence-electron chi connectivity index (χ1n) is 9.17. The van der Waals surface area contributed by atoms with Gasteiger partial charge in [-0.05, 0) is 44.9 Å². The summed E-state index contributed by atoms with van der Waals surface area (Å²) in [6.45, 7) is 0.705. The van der Waals surface area contributed by atoms with Gasteiger partial charge in [0.1, 0.15) is 11.0 Å². The molecule has 0 spiro atoms. The summed E-state index contributed by atoms with van der Waals surface area (Å²) < 4.78 is 0. The topological polar surface area (TPSA) is 75.2 Å². The summed E-state index contributed by atoms with van der Waals surface area (Å²) in [5.41, 5.74) is 0. The van der Waals surface area contributed by atoms with Crippen LogP contribution in [0.15, 0.2) is 0 Å². The van der Waals surface area contributed by atoms with Gasteiger partial charge in [-0.1, -0.05) is 24.2 Å². The minimum absolute atomic E-state index is 0.0976. The summed E-state index contributed by atoms with van der Waals surface area (Å²) >= 11 is 1.47. The van der Waals surface area contributed by atoms with E-state index < -0.39 is 0 Å². The Morgan fingerprint density at radius 3 is 2.50 bits per heavy atom. The number of anilines is 1. The zero-order valence-electron chi connectivity index (χ0n) is 13.9. The van der Waals surface area contributed by atoms with E-state index in [1.54, 1.807) is 0 Å². The summed E-state index contributed by atoms with van der Waals surface area (Å²) in [4.78, 5) is 27.3. The van der Waals surface area contributed by atoms with Crippen LogP contribution in [-0.2, 0) is 9.59 Å². The third-order valence-electron chi connectivity index (χ3n) is 5.39. The van der Waals surface area contributed by atoms with Crippen LogP contribution in [0, 0.1) is 5.92 Å². The molecule has 7 heteroatoms. The van der Waals surface area contributed by atoms with Crippen LogP contribution >= 0.6 is 11.3 Å². The lowest BCUT2D eigenvalue weighted by atomic mass is 9.97. The van der Waals surface area contributed by atoms with Gasteiger partial charge in [0.25, 0.3) is 0 Å². The highest BCUT2D eigenvalue weighted by molar-refractivity contribution is 7.15. The third-order valence-corrected chi connectivity index (χ3v) is 6.39. The van der Waals surface area contributed by atoms with E-state index in [1.165, 1.54) is 24.2 Å². The van der Waals surface area contributed by atoms with Gasteiger partial charge in [-0.15, -0.1) is 10.2 Å². The Morgan fingerprint density at radius 2 is 1.75 bits per heavy atom. The number of nitrogens with one attached hydrogen (secondary N) is 1. The van der Waals surface area contributed by atoms with Crippen molar-refractivity contribution in [3.8, 4) is 0 Å². The van der Waals surface area contributed by atoms with Gasteiger partial charge in [0.15, 0.2) is 0 Å². The SMILES string of the molecule is O=C(Nc1nnc(C2CC2)s1)C1CCCCN1C(=O)C1CCCC1. The van der Waals surface area contributed by atoms with E-state index >= 15 is 0 Å². The molecule has 1 aromatic heterocycles. The maximum atomic E-state index is 12.8. The number of nitrogens with zero attached hydrogens (tertiary/aromatic N) is 3. The van der Waals surface area contributed by atoms with Crippen molar-refractivity contribution in [2.75, 3.05) is 11.9 Å². The fourth-order valence-electron chi connectivity index (χ4n) is 3.84. The van der Waals surface area contributed by atoms with Crippen LogP contribution in [0.2, 0.25) is 0 Å². The number of hydrogen-bond donors (Lipinski definition) is 1. The lowest BCUT2D eigenvalue weighted by molar-refractivity contribution is -0.143. The Bertz CT molecular complexity index is 622. The second-order valence-corrected chi connectivity index (χ2v) is 8.24. The van der Waals surface area contributed by atoms with Crippen molar-refractivity contribution in [2.24, 2.45) is 5.92 Å². The largest absolute Gasteiger partial charge is 0.330 e. The molecule has 2 aliphatic carbocycles. The maximum Gasteiger partial charge on any atom is 0.249 e. The molecule has 2 amide bonds. The molecular weight excluding hydrogens is 324 g/mol. The molecule has 1 saturated heterocycles. The average Bonchev–Trinajstić information content (AvgIpc) is 3.11. The predicted octanol–water partition coefficient (Wildman–Crippen LogP) is 2.93. The average molecular weight is 348 g/mol. The van der Waals surface area contributed by atoms with Gasteiger partial charge in [-0.3, -0.25) is 14.9 Å². The quantitative estimate of drug-likeness (QED) is 0.908. The Morgan fingerprint density at radius 1 is 1.00 bits per heavy atom. The fraction of sp³-hybridized carbons (Fsp3) is 0.765. The molecule has 3 aliphatic rings. The molecule has 1 aromatic rings. The number of piperidine rings is 1. The van der Waals surface area contributed by atoms with Crippen molar-refractivity contribution < 1.29 is 9.59 Å². The zero-order chi connectivity index (χ0) is 16.5. The van der Waals surface area contributed by atoms with E-state index in [1.807, 2.05) is 4.90 Å². The number of rotatable bonds is 4. The van der Waals surface area contributed by atoms with E-state index in [0.29, 0.717) is 17.6 Å². The predicted molar refractivity (Wildman–Crippen MR) is 91.8 cm³/mol.